The van der Waals surface area contributed by atoms with Crippen LogP contribution < -0.4 is 15.1 Å². The highest BCUT2D eigenvalue weighted by Gasteiger charge is 2.36. The average Bonchev–Trinajstić information content (AvgIpc) is 3.22. The molecule has 2 N–H and O–H groups in total. The molecule has 0 unspecified atom stereocenters. The summed E-state index contributed by atoms with van der Waals surface area (Å²) in [6, 6.07) is 9.47. The van der Waals surface area contributed by atoms with E-state index in [4.69, 9.17) is 21.4 Å². The molecule has 0 bridgehead atoms. The van der Waals surface area contributed by atoms with E-state index in [9.17, 15) is 19.1 Å². The molecule has 0 aliphatic carbocycles. The maximum Gasteiger partial charge on any atom is 0.352 e. The second-order valence-electron chi connectivity index (χ2n) is 9.20. The number of carbonyl (C=O) groups excluding carboxylic acids is 2. The van der Waals surface area contributed by atoms with Crippen molar-refractivity contribution in [1.82, 2.24) is 10.2 Å². The van der Waals surface area contributed by atoms with E-state index in [2.05, 4.69) is 5.32 Å². The van der Waals surface area contributed by atoms with E-state index in [0.29, 0.717) is 47.9 Å². The third-order valence-corrected chi connectivity index (χ3v) is 6.97. The van der Waals surface area contributed by atoms with Crippen LogP contribution in [0.15, 0.2) is 36.4 Å². The summed E-state index contributed by atoms with van der Waals surface area (Å²) in [5, 5.41) is 14.9. The van der Waals surface area contributed by atoms with Crippen LogP contribution in [0.3, 0.4) is 0 Å². The van der Waals surface area contributed by atoms with E-state index < -0.39 is 12.1 Å². The summed E-state index contributed by atoms with van der Waals surface area (Å²) in [6.45, 7) is 4.97. The van der Waals surface area contributed by atoms with Crippen molar-refractivity contribution in [2.24, 2.45) is 0 Å². The predicted octanol–water partition coefficient (Wildman–Crippen LogP) is 3.34. The van der Waals surface area contributed by atoms with E-state index >= 15 is 0 Å². The van der Waals surface area contributed by atoms with Crippen molar-refractivity contribution in [3.8, 4) is 5.75 Å². The maximum atomic E-state index is 14.6. The molecule has 2 aromatic rings. The Morgan fingerprint density at radius 3 is 2.47 bits per heavy atom. The summed E-state index contributed by atoms with van der Waals surface area (Å²) >= 11 is 5.92. The lowest BCUT2D eigenvalue weighted by atomic mass is 10.0. The van der Waals surface area contributed by atoms with Crippen molar-refractivity contribution >= 4 is 29.2 Å². The number of anilines is 1. The smallest absolute Gasteiger partial charge is 0.352 e. The number of aliphatic hydroxyl groups excluding tert-OH is 1. The zero-order chi connectivity index (χ0) is 25.8. The van der Waals surface area contributed by atoms with Gasteiger partial charge in [-0.3, -0.25) is 14.6 Å². The van der Waals surface area contributed by atoms with Crippen LogP contribution in [0.4, 0.5) is 10.1 Å². The van der Waals surface area contributed by atoms with Gasteiger partial charge in [-0.25, -0.2) is 9.18 Å². The molecule has 2 fully saturated rings. The predicted molar refractivity (Wildman–Crippen MR) is 134 cm³/mol. The molecule has 2 atom stereocenters. The van der Waals surface area contributed by atoms with Gasteiger partial charge in [-0.15, -0.1) is 0 Å². The Bertz CT molecular complexity index is 1090. The van der Waals surface area contributed by atoms with Crippen LogP contribution in [0.1, 0.15) is 42.6 Å². The minimum absolute atomic E-state index is 0.0179. The first-order valence-corrected chi connectivity index (χ1v) is 12.5. The van der Waals surface area contributed by atoms with Crippen LogP contribution in [0, 0.1) is 5.82 Å². The third-order valence-electron chi connectivity index (χ3n) is 6.72. The number of piperidine rings is 1. The molecule has 10 heteroatoms. The molecule has 0 aromatic heterocycles. The highest BCUT2D eigenvalue weighted by atomic mass is 35.5. The van der Waals surface area contributed by atoms with Crippen LogP contribution in [0.25, 0.3) is 0 Å². The van der Waals surface area contributed by atoms with Crippen molar-refractivity contribution in [3.63, 3.8) is 0 Å². The van der Waals surface area contributed by atoms with Crippen molar-refractivity contribution in [2.45, 2.75) is 51.3 Å². The Kier molecular flexibility index (Phi) is 8.33. The molecular formula is C26H31ClFN3O5. The zero-order valence-corrected chi connectivity index (χ0v) is 21.1. The van der Waals surface area contributed by atoms with Gasteiger partial charge in [0.05, 0.1) is 17.8 Å². The summed E-state index contributed by atoms with van der Waals surface area (Å²) in [5.41, 5.74) is 1.52. The number of β-amino-alcohol motifs (C(OH)–C–C–N with tert-alkyl or cyclic N) is 1. The quantitative estimate of drug-likeness (QED) is 0.428. The number of amides is 1. The van der Waals surface area contributed by atoms with Crippen molar-refractivity contribution in [2.75, 3.05) is 31.1 Å². The number of likely N-dealkylation sites (tertiary alicyclic amines) is 1. The molecule has 0 radical (unpaired) electrons. The van der Waals surface area contributed by atoms with Gasteiger partial charge in [0.2, 0.25) is 5.75 Å². The molecule has 4 rings (SSSR count). The first-order chi connectivity index (χ1) is 17.3. The maximum absolute atomic E-state index is 14.6. The molecule has 2 aliphatic heterocycles. The summed E-state index contributed by atoms with van der Waals surface area (Å²) < 4.78 is 14.6. The van der Waals surface area contributed by atoms with Crippen molar-refractivity contribution in [3.05, 3.63) is 58.4 Å². The van der Waals surface area contributed by atoms with Gasteiger partial charge in [-0.2, -0.15) is 0 Å². The minimum Gasteiger partial charge on any atom is -0.390 e. The van der Waals surface area contributed by atoms with Crippen LogP contribution in [0.5, 0.6) is 5.75 Å². The SMILES string of the molecule is CCc1c(F)ccc(OOC(C)=O)c1N1C[C@@H](O)[C@H](NC2CCN(C(=O)c3ccc(Cl)cc3)CC2)C1. The molecule has 2 saturated heterocycles. The number of carbonyl (C=O) groups is 2. The number of hydrogen-bond acceptors (Lipinski definition) is 7. The highest BCUT2D eigenvalue weighted by Crippen LogP contribution is 2.37. The molecule has 36 heavy (non-hydrogen) atoms. The molecule has 0 saturated carbocycles. The lowest BCUT2D eigenvalue weighted by Gasteiger charge is -2.34. The Morgan fingerprint density at radius 2 is 1.83 bits per heavy atom. The Hall–Kier alpha value is -2.88. The number of aliphatic hydroxyl groups is 1. The van der Waals surface area contributed by atoms with Gasteiger partial charge in [0.15, 0.2) is 0 Å². The van der Waals surface area contributed by atoms with Gasteiger partial charge in [-0.1, -0.05) is 18.5 Å². The molecule has 2 heterocycles. The summed E-state index contributed by atoms with van der Waals surface area (Å²) in [5.74, 6) is -0.794. The standard InChI is InChI=1S/C26H31ClFN3O5/c1-3-20-21(28)8-9-24(36-35-16(2)32)25(20)31-14-22(23(33)15-31)29-19-10-12-30(13-11-19)26(34)17-4-6-18(27)7-5-17/h4-9,19,22-23,29,33H,3,10-15H2,1-2H3/t22-,23-/m1/s1. The van der Waals surface area contributed by atoms with Crippen LogP contribution in [-0.2, 0) is 16.1 Å². The number of halogens is 2. The minimum atomic E-state index is -0.687. The number of nitrogens with zero attached hydrogens (tertiary/aromatic N) is 2. The fraction of sp³-hybridized carbons (Fsp3) is 0.462. The molecular weight excluding hydrogens is 489 g/mol. The summed E-state index contributed by atoms with van der Waals surface area (Å²) in [4.78, 5) is 37.6. The number of benzene rings is 2. The molecule has 0 spiro atoms. The molecule has 2 aromatic carbocycles. The number of nitrogens with one attached hydrogen (secondary N) is 1. The van der Waals surface area contributed by atoms with E-state index in [-0.39, 0.29) is 36.1 Å². The van der Waals surface area contributed by atoms with Crippen molar-refractivity contribution < 1.29 is 28.9 Å². The third kappa shape index (κ3) is 5.91. The van der Waals surface area contributed by atoms with E-state index in [0.717, 1.165) is 12.8 Å². The Labute approximate surface area is 214 Å². The lowest BCUT2D eigenvalue weighted by Crippen LogP contribution is -2.50. The van der Waals surface area contributed by atoms with Crippen LogP contribution >= 0.6 is 11.6 Å². The molecule has 2 aliphatic rings. The van der Waals surface area contributed by atoms with Gasteiger partial charge in [0, 0.05) is 55.3 Å². The second kappa shape index (κ2) is 11.5. The molecule has 1 amide bonds. The second-order valence-corrected chi connectivity index (χ2v) is 9.64. The van der Waals surface area contributed by atoms with Gasteiger partial charge in [0.1, 0.15) is 5.82 Å². The van der Waals surface area contributed by atoms with Gasteiger partial charge >= 0.3 is 5.97 Å². The normalized spacial score (nSPS) is 20.5. The summed E-state index contributed by atoms with van der Waals surface area (Å²) in [7, 11) is 0. The Morgan fingerprint density at radius 1 is 1.14 bits per heavy atom. The average molecular weight is 520 g/mol. The van der Waals surface area contributed by atoms with E-state index in [1.807, 2.05) is 16.7 Å². The van der Waals surface area contributed by atoms with Gasteiger partial charge < -0.3 is 20.2 Å². The lowest BCUT2D eigenvalue weighted by molar-refractivity contribution is -0.210. The van der Waals surface area contributed by atoms with Gasteiger partial charge in [0.25, 0.3) is 5.91 Å². The first-order valence-electron chi connectivity index (χ1n) is 12.2. The van der Waals surface area contributed by atoms with E-state index in [1.54, 1.807) is 24.3 Å². The van der Waals surface area contributed by atoms with Crippen molar-refractivity contribution in [1.29, 1.82) is 0 Å². The monoisotopic (exact) mass is 519 g/mol. The van der Waals surface area contributed by atoms with Crippen LogP contribution in [-0.4, -0.2) is 66.2 Å². The number of hydrogen-bond donors (Lipinski definition) is 2. The van der Waals surface area contributed by atoms with E-state index in [1.165, 1.54) is 19.1 Å². The Balaban J connectivity index is 1.38. The first kappa shape index (κ1) is 26.2. The molecule has 8 nitrogen and oxygen atoms in total. The summed E-state index contributed by atoms with van der Waals surface area (Å²) in [6.07, 6.45) is 1.23. The zero-order valence-electron chi connectivity index (χ0n) is 20.4. The topological polar surface area (TPSA) is 91.3 Å². The van der Waals surface area contributed by atoms with Gasteiger partial charge in [-0.05, 0) is 55.7 Å². The molecule has 194 valence electrons. The van der Waals surface area contributed by atoms with Crippen LogP contribution in [0.2, 0.25) is 5.02 Å². The fourth-order valence-corrected chi connectivity index (χ4v) is 5.03. The number of rotatable bonds is 7. The highest BCUT2D eigenvalue weighted by molar-refractivity contribution is 6.30. The fourth-order valence-electron chi connectivity index (χ4n) is 4.90. The largest absolute Gasteiger partial charge is 0.390 e.